The molecule has 0 aromatic heterocycles. The minimum Gasteiger partial charge on any atom is -0.496 e. The van der Waals surface area contributed by atoms with Crippen LogP contribution in [0.25, 0.3) is 0 Å². The van der Waals surface area contributed by atoms with E-state index in [1.165, 1.54) is 29.7 Å². The maximum atomic E-state index is 13.2. The van der Waals surface area contributed by atoms with Crippen molar-refractivity contribution >= 4 is 40.7 Å². The molecule has 0 fully saturated rings. The molecule has 3 aromatic carbocycles. The largest absolute Gasteiger partial charge is 0.496 e. The van der Waals surface area contributed by atoms with Crippen LogP contribution in [0.3, 0.4) is 0 Å². The minimum atomic E-state index is -1.25. The Kier molecular flexibility index (Phi) is 7.53. The average molecular weight is 479 g/mol. The van der Waals surface area contributed by atoms with Crippen LogP contribution in [0.1, 0.15) is 11.1 Å². The molecule has 2 amide bonds. The van der Waals surface area contributed by atoms with E-state index < -0.39 is 11.8 Å². The van der Waals surface area contributed by atoms with Gasteiger partial charge in [-0.3, -0.25) is 14.8 Å². The van der Waals surface area contributed by atoms with Crippen LogP contribution in [0.5, 0.6) is 17.2 Å². The van der Waals surface area contributed by atoms with Gasteiger partial charge in [-0.1, -0.05) is 35.3 Å². The highest BCUT2D eigenvalue weighted by atomic mass is 35.5. The molecule has 10 heteroatoms. The van der Waals surface area contributed by atoms with E-state index in [4.69, 9.17) is 37.9 Å². The summed E-state index contributed by atoms with van der Waals surface area (Å²) < 4.78 is 24.4. The van der Waals surface area contributed by atoms with Crippen molar-refractivity contribution in [2.24, 2.45) is 0 Å². The first-order valence-corrected chi connectivity index (χ1v) is 9.90. The zero-order chi connectivity index (χ0) is 23.3. The van der Waals surface area contributed by atoms with Crippen molar-refractivity contribution in [1.82, 2.24) is 5.48 Å². The molecular formula is C22H17Cl2FN2O5. The van der Waals surface area contributed by atoms with E-state index in [0.29, 0.717) is 17.9 Å². The van der Waals surface area contributed by atoms with Crippen LogP contribution in [0.15, 0.2) is 54.6 Å². The third-order valence-electron chi connectivity index (χ3n) is 4.34. The number of halogens is 3. The number of benzene rings is 3. The fourth-order valence-corrected chi connectivity index (χ4v) is 3.43. The lowest BCUT2D eigenvalue weighted by Gasteiger charge is -2.14. The Balaban J connectivity index is 1.84. The average Bonchev–Trinajstić information content (AvgIpc) is 2.77. The smallest absolute Gasteiger partial charge is 0.332 e. The van der Waals surface area contributed by atoms with Gasteiger partial charge in [0.15, 0.2) is 5.75 Å². The molecule has 3 aromatic rings. The molecule has 0 heterocycles. The molecule has 32 heavy (non-hydrogen) atoms. The summed E-state index contributed by atoms with van der Waals surface area (Å²) in [6.45, 7) is 0. The summed E-state index contributed by atoms with van der Waals surface area (Å²) in [7, 11) is 1.54. The van der Waals surface area contributed by atoms with Crippen molar-refractivity contribution in [3.05, 3.63) is 81.6 Å². The zero-order valence-corrected chi connectivity index (χ0v) is 18.1. The predicted octanol–water partition coefficient (Wildman–Crippen LogP) is 4.97. The van der Waals surface area contributed by atoms with Gasteiger partial charge in [0.25, 0.3) is 0 Å². The fraction of sp³-hybridized carbons (Fsp3) is 0.0909. The molecular weight excluding hydrogens is 462 g/mol. The van der Waals surface area contributed by atoms with E-state index in [1.807, 2.05) is 0 Å². The second-order valence-corrected chi connectivity index (χ2v) is 7.36. The number of rotatable bonds is 6. The van der Waals surface area contributed by atoms with Crippen molar-refractivity contribution in [2.45, 2.75) is 6.42 Å². The molecule has 7 nitrogen and oxygen atoms in total. The van der Waals surface area contributed by atoms with Gasteiger partial charge in [0.05, 0.1) is 17.2 Å². The van der Waals surface area contributed by atoms with Gasteiger partial charge in [0, 0.05) is 17.7 Å². The van der Waals surface area contributed by atoms with Gasteiger partial charge in [-0.25, -0.2) is 9.87 Å². The number of methoxy groups -OCH3 is 1. The summed E-state index contributed by atoms with van der Waals surface area (Å²) in [5, 5.41) is 10.9. The maximum Gasteiger partial charge on any atom is 0.332 e. The van der Waals surface area contributed by atoms with Gasteiger partial charge >= 0.3 is 11.8 Å². The van der Waals surface area contributed by atoms with E-state index in [2.05, 4.69) is 5.32 Å². The molecule has 0 saturated carbocycles. The molecule has 0 atom stereocenters. The van der Waals surface area contributed by atoms with Crippen LogP contribution in [-0.4, -0.2) is 24.1 Å². The van der Waals surface area contributed by atoms with Crippen LogP contribution >= 0.6 is 23.2 Å². The fourth-order valence-electron chi connectivity index (χ4n) is 2.86. The molecule has 166 valence electrons. The van der Waals surface area contributed by atoms with Gasteiger partial charge in [-0.15, -0.1) is 0 Å². The summed E-state index contributed by atoms with van der Waals surface area (Å²) in [6, 6.07) is 13.9. The van der Waals surface area contributed by atoms with Gasteiger partial charge < -0.3 is 14.8 Å². The topological polar surface area (TPSA) is 96.9 Å². The molecule has 0 saturated heterocycles. The third-order valence-corrected chi connectivity index (χ3v) is 4.91. The van der Waals surface area contributed by atoms with Crippen LogP contribution in [0.4, 0.5) is 10.1 Å². The summed E-state index contributed by atoms with van der Waals surface area (Å²) in [5.41, 5.74) is 3.03. The lowest BCUT2D eigenvalue weighted by molar-refractivity contribution is -0.141. The molecule has 0 radical (unpaired) electrons. The summed E-state index contributed by atoms with van der Waals surface area (Å²) in [6.07, 6.45) is 0.472. The van der Waals surface area contributed by atoms with Gasteiger partial charge in [0.2, 0.25) is 0 Å². The molecule has 0 bridgehead atoms. The Bertz CT molecular complexity index is 1130. The summed E-state index contributed by atoms with van der Waals surface area (Å²) in [5.74, 6) is -1.49. The number of anilines is 1. The van der Waals surface area contributed by atoms with E-state index in [9.17, 15) is 14.0 Å². The molecule has 0 unspecified atom stereocenters. The highest BCUT2D eigenvalue weighted by molar-refractivity contribution is 6.40. The number of nitrogens with one attached hydrogen (secondary N) is 2. The second kappa shape index (κ2) is 10.3. The molecule has 0 aliphatic rings. The first-order chi connectivity index (χ1) is 15.3. The molecule has 3 N–H and O–H groups in total. The molecule has 3 rings (SSSR count). The van der Waals surface area contributed by atoms with Crippen LogP contribution in [0.2, 0.25) is 10.0 Å². The number of carbonyl (C=O) groups is 2. The van der Waals surface area contributed by atoms with Crippen molar-refractivity contribution in [3.63, 3.8) is 0 Å². The summed E-state index contributed by atoms with van der Waals surface area (Å²) >= 11 is 12.5. The highest BCUT2D eigenvalue weighted by Gasteiger charge is 2.17. The normalized spacial score (nSPS) is 10.4. The second-order valence-electron chi connectivity index (χ2n) is 6.54. The number of hydrogen-bond acceptors (Lipinski definition) is 5. The SMILES string of the molecule is COc1ccc(Oc2c(Cl)cc(NC(=O)C(=O)NO)cc2Cl)cc1Cc1ccc(F)cc1. The van der Waals surface area contributed by atoms with E-state index in [0.717, 1.165) is 11.1 Å². The Morgan fingerprint density at radius 3 is 2.25 bits per heavy atom. The minimum absolute atomic E-state index is 0.0770. The lowest BCUT2D eigenvalue weighted by Crippen LogP contribution is -2.33. The van der Waals surface area contributed by atoms with E-state index in [1.54, 1.807) is 37.4 Å². The summed E-state index contributed by atoms with van der Waals surface area (Å²) in [4.78, 5) is 22.7. The van der Waals surface area contributed by atoms with Crippen molar-refractivity contribution in [2.75, 3.05) is 12.4 Å². The van der Waals surface area contributed by atoms with Crippen molar-refractivity contribution in [1.29, 1.82) is 0 Å². The quantitative estimate of drug-likeness (QED) is 0.264. The third kappa shape index (κ3) is 5.67. The Morgan fingerprint density at radius 1 is 1.00 bits per heavy atom. The van der Waals surface area contributed by atoms with E-state index >= 15 is 0 Å². The monoisotopic (exact) mass is 478 g/mol. The number of ether oxygens (including phenoxy) is 2. The highest BCUT2D eigenvalue weighted by Crippen LogP contribution is 2.40. The van der Waals surface area contributed by atoms with Crippen molar-refractivity contribution in [3.8, 4) is 17.2 Å². The molecule has 0 aliphatic carbocycles. The molecule has 0 aliphatic heterocycles. The van der Waals surface area contributed by atoms with Gasteiger partial charge in [0.1, 0.15) is 17.3 Å². The number of amides is 2. The maximum absolute atomic E-state index is 13.2. The number of hydroxylamine groups is 1. The molecule has 0 spiro atoms. The Morgan fingerprint density at radius 2 is 1.66 bits per heavy atom. The Hall–Kier alpha value is -3.33. The van der Waals surface area contributed by atoms with Crippen LogP contribution < -0.4 is 20.3 Å². The standard InChI is InChI=1S/C22H17Cl2FN2O5/c1-31-19-7-6-16(9-13(19)8-12-2-4-14(25)5-3-12)32-20-17(23)10-15(11-18(20)24)26-21(28)22(29)27-30/h2-7,9-11,30H,8H2,1H3,(H,26,28)(H,27,29). The first kappa shape index (κ1) is 23.3. The van der Waals surface area contributed by atoms with E-state index in [-0.39, 0.29) is 27.3 Å². The number of hydrogen-bond donors (Lipinski definition) is 3. The number of carbonyl (C=O) groups excluding carboxylic acids is 2. The van der Waals surface area contributed by atoms with Gasteiger partial charge in [-0.05, 0) is 48.0 Å². The predicted molar refractivity (Wildman–Crippen MR) is 117 cm³/mol. The van der Waals surface area contributed by atoms with Crippen LogP contribution in [-0.2, 0) is 16.0 Å². The van der Waals surface area contributed by atoms with Crippen molar-refractivity contribution < 1.29 is 28.7 Å². The Labute approximate surface area is 192 Å². The first-order valence-electron chi connectivity index (χ1n) is 9.14. The zero-order valence-electron chi connectivity index (χ0n) is 16.6. The van der Waals surface area contributed by atoms with Crippen LogP contribution in [0, 0.1) is 5.82 Å². The lowest BCUT2D eigenvalue weighted by atomic mass is 10.0. The van der Waals surface area contributed by atoms with Gasteiger partial charge in [-0.2, -0.15) is 0 Å².